The SMILES string of the molecule is O=C(O)c1ccc(Cn2cc([N+](=O)[O-])c([N+](=O)[O-])n2)cc1. The molecule has 0 aliphatic carbocycles. The Bertz CT molecular complexity index is 689. The molecular weight excluding hydrogens is 284 g/mol. The molecule has 21 heavy (non-hydrogen) atoms. The number of carboxylic acids is 1. The Morgan fingerprint density at radius 3 is 2.24 bits per heavy atom. The minimum absolute atomic E-state index is 0.0502. The fraction of sp³-hybridized carbons (Fsp3) is 0.0909. The molecule has 0 aliphatic heterocycles. The third-order valence-corrected chi connectivity index (χ3v) is 2.64. The summed E-state index contributed by atoms with van der Waals surface area (Å²) >= 11 is 0. The van der Waals surface area contributed by atoms with E-state index < -0.39 is 27.3 Å². The number of carbonyl (C=O) groups is 1. The number of nitrogens with zero attached hydrogens (tertiary/aromatic N) is 4. The van der Waals surface area contributed by atoms with E-state index >= 15 is 0 Å². The summed E-state index contributed by atoms with van der Waals surface area (Å²) in [7, 11) is 0. The van der Waals surface area contributed by atoms with Gasteiger partial charge >= 0.3 is 17.5 Å². The van der Waals surface area contributed by atoms with E-state index in [-0.39, 0.29) is 12.1 Å². The first-order valence-corrected chi connectivity index (χ1v) is 5.57. The van der Waals surface area contributed by atoms with E-state index in [0.29, 0.717) is 5.56 Å². The van der Waals surface area contributed by atoms with Crippen LogP contribution in [0.1, 0.15) is 15.9 Å². The highest BCUT2D eigenvalue weighted by Gasteiger charge is 2.30. The molecule has 1 heterocycles. The lowest BCUT2D eigenvalue weighted by Gasteiger charge is -1.99. The number of benzene rings is 1. The van der Waals surface area contributed by atoms with Gasteiger partial charge in [-0.1, -0.05) is 12.1 Å². The number of hydrogen-bond donors (Lipinski definition) is 1. The number of rotatable bonds is 5. The fourth-order valence-electron chi connectivity index (χ4n) is 1.68. The van der Waals surface area contributed by atoms with Gasteiger partial charge in [0.05, 0.1) is 22.1 Å². The topological polar surface area (TPSA) is 141 Å². The summed E-state index contributed by atoms with van der Waals surface area (Å²) in [6.45, 7) is 0.0502. The van der Waals surface area contributed by atoms with Crippen LogP contribution in [-0.2, 0) is 6.54 Å². The van der Waals surface area contributed by atoms with Crippen LogP contribution in [-0.4, -0.2) is 30.7 Å². The van der Waals surface area contributed by atoms with Gasteiger partial charge in [0.2, 0.25) is 0 Å². The van der Waals surface area contributed by atoms with Gasteiger partial charge in [0, 0.05) is 0 Å². The van der Waals surface area contributed by atoms with Crippen LogP contribution in [0, 0.1) is 20.2 Å². The Kier molecular flexibility index (Phi) is 3.61. The molecule has 0 saturated heterocycles. The number of carboxylic acid groups (broad SMARTS) is 1. The Morgan fingerprint density at radius 1 is 1.19 bits per heavy atom. The molecule has 2 aromatic rings. The van der Waals surface area contributed by atoms with Crippen LogP contribution in [0.5, 0.6) is 0 Å². The molecule has 0 spiro atoms. The second-order valence-electron chi connectivity index (χ2n) is 4.05. The predicted octanol–water partition coefficient (Wildman–Crippen LogP) is 1.45. The van der Waals surface area contributed by atoms with Crippen molar-refractivity contribution in [3.63, 3.8) is 0 Å². The zero-order valence-corrected chi connectivity index (χ0v) is 10.4. The van der Waals surface area contributed by atoms with Gasteiger partial charge < -0.3 is 15.2 Å². The van der Waals surface area contributed by atoms with E-state index in [0.717, 1.165) is 10.9 Å². The average molecular weight is 292 g/mol. The lowest BCUT2D eigenvalue weighted by Crippen LogP contribution is -2.02. The molecule has 0 saturated carbocycles. The molecule has 0 atom stereocenters. The molecule has 1 aromatic heterocycles. The first-order valence-electron chi connectivity index (χ1n) is 5.57. The van der Waals surface area contributed by atoms with E-state index in [1.807, 2.05) is 0 Å². The molecule has 0 unspecified atom stereocenters. The van der Waals surface area contributed by atoms with Crippen molar-refractivity contribution >= 4 is 17.5 Å². The van der Waals surface area contributed by atoms with E-state index in [2.05, 4.69) is 5.10 Å². The zero-order chi connectivity index (χ0) is 15.6. The molecule has 0 amide bonds. The molecule has 108 valence electrons. The van der Waals surface area contributed by atoms with Gasteiger partial charge in [0.15, 0.2) is 0 Å². The fourth-order valence-corrected chi connectivity index (χ4v) is 1.68. The zero-order valence-electron chi connectivity index (χ0n) is 10.4. The third-order valence-electron chi connectivity index (χ3n) is 2.64. The van der Waals surface area contributed by atoms with Crippen LogP contribution in [0.2, 0.25) is 0 Å². The van der Waals surface area contributed by atoms with E-state index in [9.17, 15) is 25.0 Å². The minimum atomic E-state index is -1.08. The van der Waals surface area contributed by atoms with E-state index in [4.69, 9.17) is 5.11 Å². The van der Waals surface area contributed by atoms with E-state index in [1.165, 1.54) is 24.3 Å². The highest BCUT2D eigenvalue weighted by Crippen LogP contribution is 2.24. The van der Waals surface area contributed by atoms with Crippen LogP contribution in [0.3, 0.4) is 0 Å². The Balaban J connectivity index is 2.27. The van der Waals surface area contributed by atoms with E-state index in [1.54, 1.807) is 0 Å². The standard InChI is InChI=1S/C11H8N4O6/c16-11(17)8-3-1-7(2-4-8)5-13-6-9(14(18)19)10(12-13)15(20)21/h1-4,6H,5H2,(H,16,17). The van der Waals surface area contributed by atoms with Gasteiger partial charge in [0.25, 0.3) is 0 Å². The van der Waals surface area contributed by atoms with Crippen molar-refractivity contribution in [2.24, 2.45) is 0 Å². The smallest absolute Gasteiger partial charge is 0.467 e. The van der Waals surface area contributed by atoms with Crippen molar-refractivity contribution in [3.8, 4) is 0 Å². The van der Waals surface area contributed by atoms with Gasteiger partial charge in [-0.3, -0.25) is 10.1 Å². The Labute approximate surface area is 116 Å². The normalized spacial score (nSPS) is 10.3. The molecule has 0 radical (unpaired) electrons. The summed E-state index contributed by atoms with van der Waals surface area (Å²) in [5, 5.41) is 33.7. The van der Waals surface area contributed by atoms with Gasteiger partial charge in [-0.05, 0) is 22.6 Å². The molecule has 2 rings (SSSR count). The quantitative estimate of drug-likeness (QED) is 0.649. The second-order valence-corrected chi connectivity index (χ2v) is 4.05. The number of aromatic carboxylic acids is 1. The van der Waals surface area contributed by atoms with Crippen molar-refractivity contribution < 1.29 is 19.7 Å². The highest BCUT2D eigenvalue weighted by molar-refractivity contribution is 5.87. The van der Waals surface area contributed by atoms with Crippen LogP contribution >= 0.6 is 0 Å². The predicted molar refractivity (Wildman–Crippen MR) is 68.0 cm³/mol. The van der Waals surface area contributed by atoms with Crippen molar-refractivity contribution in [1.29, 1.82) is 0 Å². The maximum Gasteiger partial charge on any atom is 0.467 e. The maximum atomic E-state index is 10.7. The number of aromatic nitrogens is 2. The van der Waals surface area contributed by atoms with Crippen LogP contribution in [0.4, 0.5) is 11.5 Å². The first kappa shape index (κ1) is 14.1. The maximum absolute atomic E-state index is 10.7. The Hall–Kier alpha value is -3.30. The summed E-state index contributed by atoms with van der Waals surface area (Å²) < 4.78 is 1.06. The van der Waals surface area contributed by atoms with Gasteiger partial charge in [-0.2, -0.15) is 4.68 Å². The summed E-state index contributed by atoms with van der Waals surface area (Å²) in [6.07, 6.45) is 0.962. The van der Waals surface area contributed by atoms with Gasteiger partial charge in [-0.25, -0.2) is 4.79 Å². The lowest BCUT2D eigenvalue weighted by molar-refractivity contribution is -0.424. The van der Waals surface area contributed by atoms with Crippen molar-refractivity contribution in [2.45, 2.75) is 6.54 Å². The van der Waals surface area contributed by atoms with Crippen LogP contribution in [0.25, 0.3) is 0 Å². The molecule has 10 nitrogen and oxygen atoms in total. The lowest BCUT2D eigenvalue weighted by atomic mass is 10.1. The van der Waals surface area contributed by atoms with Gasteiger partial charge in [0.1, 0.15) is 6.20 Å². The molecule has 0 fully saturated rings. The molecule has 10 heteroatoms. The largest absolute Gasteiger partial charge is 0.478 e. The molecular formula is C11H8N4O6. The van der Waals surface area contributed by atoms with Gasteiger partial charge in [-0.15, -0.1) is 0 Å². The Morgan fingerprint density at radius 2 is 1.81 bits per heavy atom. The van der Waals surface area contributed by atoms with Crippen molar-refractivity contribution in [2.75, 3.05) is 0 Å². The van der Waals surface area contributed by atoms with Crippen molar-refractivity contribution in [1.82, 2.24) is 9.78 Å². The molecule has 0 aliphatic rings. The highest BCUT2D eigenvalue weighted by atomic mass is 16.6. The summed E-state index contributed by atoms with van der Waals surface area (Å²) in [6, 6.07) is 5.74. The average Bonchev–Trinajstić information content (AvgIpc) is 2.83. The molecule has 0 bridgehead atoms. The number of nitro groups is 2. The first-order chi connectivity index (χ1) is 9.88. The van der Waals surface area contributed by atoms with Crippen molar-refractivity contribution in [3.05, 3.63) is 61.8 Å². The summed E-state index contributed by atoms with van der Waals surface area (Å²) in [4.78, 5) is 30.3. The van der Waals surface area contributed by atoms with Crippen LogP contribution in [0.15, 0.2) is 30.5 Å². The summed E-state index contributed by atoms with van der Waals surface area (Å²) in [5.41, 5.74) is 0.00521. The monoisotopic (exact) mass is 292 g/mol. The second kappa shape index (κ2) is 5.36. The molecule has 1 aromatic carbocycles. The summed E-state index contributed by atoms with van der Waals surface area (Å²) in [5.74, 6) is -1.91. The minimum Gasteiger partial charge on any atom is -0.478 e. The number of hydrogen-bond acceptors (Lipinski definition) is 6. The third kappa shape index (κ3) is 3.00. The van der Waals surface area contributed by atoms with Crippen LogP contribution < -0.4 is 0 Å². The molecule has 1 N–H and O–H groups in total.